The minimum Gasteiger partial charge on any atom is -0.452 e. The first kappa shape index (κ1) is 23.9. The average Bonchev–Trinajstić information content (AvgIpc) is 2.76. The van der Waals surface area contributed by atoms with Gasteiger partial charge in [0.1, 0.15) is 22.1 Å². The lowest BCUT2D eigenvalue weighted by atomic mass is 10.2. The first-order valence-electron chi connectivity index (χ1n) is 9.59. The molecule has 0 aliphatic rings. The molecular weight excluding hydrogens is 456 g/mol. The van der Waals surface area contributed by atoms with Gasteiger partial charge in [-0.05, 0) is 55.3 Å². The van der Waals surface area contributed by atoms with Crippen molar-refractivity contribution in [1.29, 1.82) is 0 Å². The first-order chi connectivity index (χ1) is 15.6. The highest BCUT2D eigenvalue weighted by atomic mass is 32.2. The van der Waals surface area contributed by atoms with Gasteiger partial charge in [-0.3, -0.25) is 4.79 Å². The van der Waals surface area contributed by atoms with Crippen LogP contribution in [0.15, 0.2) is 65.6 Å². The number of rotatable bonds is 7. The summed E-state index contributed by atoms with van der Waals surface area (Å²) < 4.78 is 62.5. The second-order valence-corrected chi connectivity index (χ2v) is 8.57. The van der Waals surface area contributed by atoms with E-state index in [1.54, 1.807) is 26.0 Å². The highest BCUT2D eigenvalue weighted by Crippen LogP contribution is 2.26. The minimum atomic E-state index is -4.27. The largest absolute Gasteiger partial charge is 0.452 e. The van der Waals surface area contributed by atoms with E-state index < -0.39 is 45.9 Å². The van der Waals surface area contributed by atoms with Crippen LogP contribution in [-0.4, -0.2) is 26.9 Å². The van der Waals surface area contributed by atoms with Gasteiger partial charge in [0.15, 0.2) is 12.4 Å². The van der Waals surface area contributed by atoms with Gasteiger partial charge in [-0.2, -0.15) is 8.42 Å². The molecule has 0 heterocycles. The lowest BCUT2D eigenvalue weighted by Crippen LogP contribution is -2.22. The predicted octanol–water partition coefficient (Wildman–Crippen LogP) is 4.14. The Labute approximate surface area is 189 Å². The van der Waals surface area contributed by atoms with Crippen LogP contribution in [0.5, 0.6) is 5.75 Å². The van der Waals surface area contributed by atoms with E-state index in [2.05, 4.69) is 5.32 Å². The molecule has 0 atom stereocenters. The molecule has 0 saturated carbocycles. The van der Waals surface area contributed by atoms with Crippen LogP contribution >= 0.6 is 0 Å². The Morgan fingerprint density at radius 1 is 0.970 bits per heavy atom. The van der Waals surface area contributed by atoms with Crippen molar-refractivity contribution >= 4 is 27.7 Å². The fraction of sp³-hybridized carbons (Fsp3) is 0.130. The summed E-state index contributed by atoms with van der Waals surface area (Å²) >= 11 is 0. The van der Waals surface area contributed by atoms with E-state index in [-0.39, 0.29) is 16.2 Å². The van der Waals surface area contributed by atoms with E-state index in [4.69, 9.17) is 8.92 Å². The van der Waals surface area contributed by atoms with Gasteiger partial charge in [-0.1, -0.05) is 24.3 Å². The SMILES string of the molecule is Cc1ccc(C)c(S(=O)(=O)Oc2ccccc2C(=O)OCC(=O)Nc2cc(F)ccc2F)c1. The van der Waals surface area contributed by atoms with Crippen molar-refractivity contribution in [2.75, 3.05) is 11.9 Å². The maximum atomic E-state index is 13.6. The fourth-order valence-corrected chi connectivity index (χ4v) is 4.10. The molecule has 0 aliphatic carbocycles. The third-order valence-corrected chi connectivity index (χ3v) is 5.83. The van der Waals surface area contributed by atoms with E-state index >= 15 is 0 Å². The number of hydrogen-bond donors (Lipinski definition) is 1. The summed E-state index contributed by atoms with van der Waals surface area (Å²) in [6.07, 6.45) is 0. The summed E-state index contributed by atoms with van der Waals surface area (Å²) in [5, 5.41) is 2.09. The second kappa shape index (κ2) is 9.78. The molecule has 3 rings (SSSR count). The van der Waals surface area contributed by atoms with Gasteiger partial charge >= 0.3 is 16.1 Å². The Kier molecular flexibility index (Phi) is 7.07. The Morgan fingerprint density at radius 2 is 1.70 bits per heavy atom. The van der Waals surface area contributed by atoms with Crippen LogP contribution in [0.3, 0.4) is 0 Å². The summed E-state index contributed by atoms with van der Waals surface area (Å²) in [4.78, 5) is 24.4. The maximum Gasteiger partial charge on any atom is 0.342 e. The lowest BCUT2D eigenvalue weighted by molar-refractivity contribution is -0.119. The van der Waals surface area contributed by atoms with Crippen molar-refractivity contribution in [3.05, 3.63) is 89.0 Å². The van der Waals surface area contributed by atoms with E-state index in [1.807, 2.05) is 0 Å². The number of hydrogen-bond acceptors (Lipinski definition) is 6. The molecular formula is C23H19F2NO6S. The average molecular weight is 475 g/mol. The highest BCUT2D eigenvalue weighted by molar-refractivity contribution is 7.87. The third-order valence-electron chi connectivity index (χ3n) is 4.46. The summed E-state index contributed by atoms with van der Waals surface area (Å²) in [6.45, 7) is 2.51. The molecule has 10 heteroatoms. The number of aryl methyl sites for hydroxylation is 2. The van der Waals surface area contributed by atoms with Crippen molar-refractivity contribution in [3.8, 4) is 5.75 Å². The number of esters is 1. The summed E-state index contributed by atoms with van der Waals surface area (Å²) in [7, 11) is -4.27. The van der Waals surface area contributed by atoms with Gasteiger partial charge < -0.3 is 14.2 Å². The predicted molar refractivity (Wildman–Crippen MR) is 115 cm³/mol. The van der Waals surface area contributed by atoms with Crippen molar-refractivity contribution in [2.45, 2.75) is 18.7 Å². The second-order valence-electron chi connectivity index (χ2n) is 7.05. The molecule has 0 spiro atoms. The van der Waals surface area contributed by atoms with Gasteiger partial charge in [0.2, 0.25) is 0 Å². The molecule has 0 saturated heterocycles. The molecule has 0 fully saturated rings. The lowest BCUT2D eigenvalue weighted by Gasteiger charge is -2.13. The number of carbonyl (C=O) groups excluding carboxylic acids is 2. The van der Waals surface area contributed by atoms with Crippen molar-refractivity contribution < 1.29 is 35.7 Å². The molecule has 0 aliphatic heterocycles. The number of halogens is 2. The molecule has 3 aromatic carbocycles. The standard InChI is InChI=1S/C23H19F2NO6S/c1-14-7-8-15(2)21(11-14)33(29,30)32-20-6-4-3-5-17(20)23(28)31-13-22(27)26-19-12-16(24)9-10-18(19)25/h3-12H,13H2,1-2H3,(H,26,27). The summed E-state index contributed by atoms with van der Waals surface area (Å²) in [6, 6.07) is 12.8. The van der Waals surface area contributed by atoms with Crippen LogP contribution in [0.2, 0.25) is 0 Å². The number of amides is 1. The Balaban J connectivity index is 1.73. The summed E-state index contributed by atoms with van der Waals surface area (Å²) in [5.41, 5.74) is 0.508. The van der Waals surface area contributed by atoms with Gasteiger partial charge in [-0.15, -0.1) is 0 Å². The quantitative estimate of drug-likeness (QED) is 0.407. The van der Waals surface area contributed by atoms with E-state index in [9.17, 15) is 26.8 Å². The van der Waals surface area contributed by atoms with Crippen LogP contribution in [0.25, 0.3) is 0 Å². The molecule has 3 aromatic rings. The smallest absolute Gasteiger partial charge is 0.342 e. The molecule has 172 valence electrons. The van der Waals surface area contributed by atoms with Gasteiger partial charge in [0.25, 0.3) is 5.91 Å². The molecule has 0 bridgehead atoms. The minimum absolute atomic E-state index is 0.0535. The van der Waals surface area contributed by atoms with Crippen LogP contribution in [0.1, 0.15) is 21.5 Å². The normalized spacial score (nSPS) is 11.0. The number of para-hydroxylation sites is 1. The Morgan fingerprint density at radius 3 is 2.45 bits per heavy atom. The molecule has 33 heavy (non-hydrogen) atoms. The van der Waals surface area contributed by atoms with Crippen LogP contribution in [0, 0.1) is 25.5 Å². The van der Waals surface area contributed by atoms with Crippen molar-refractivity contribution in [2.24, 2.45) is 0 Å². The zero-order valence-corrected chi connectivity index (χ0v) is 18.4. The van der Waals surface area contributed by atoms with Gasteiger partial charge in [-0.25, -0.2) is 13.6 Å². The fourth-order valence-electron chi connectivity index (χ4n) is 2.84. The topological polar surface area (TPSA) is 98.8 Å². The number of benzene rings is 3. The van der Waals surface area contributed by atoms with Crippen LogP contribution in [-0.2, 0) is 19.6 Å². The zero-order chi connectivity index (χ0) is 24.2. The highest BCUT2D eigenvalue weighted by Gasteiger charge is 2.24. The van der Waals surface area contributed by atoms with E-state index in [0.717, 1.165) is 18.2 Å². The summed E-state index contributed by atoms with van der Waals surface area (Å²) in [5.74, 6) is -3.89. The third kappa shape index (κ3) is 5.92. The maximum absolute atomic E-state index is 13.6. The molecule has 7 nitrogen and oxygen atoms in total. The van der Waals surface area contributed by atoms with Crippen LogP contribution < -0.4 is 9.50 Å². The number of anilines is 1. The van der Waals surface area contributed by atoms with E-state index in [1.165, 1.54) is 30.3 Å². The van der Waals surface area contributed by atoms with Gasteiger partial charge in [0, 0.05) is 6.07 Å². The molecule has 0 unspecified atom stereocenters. The number of nitrogens with one attached hydrogen (secondary N) is 1. The van der Waals surface area contributed by atoms with Gasteiger partial charge in [0.05, 0.1) is 5.69 Å². The number of ether oxygens (including phenoxy) is 1. The Bertz CT molecular complexity index is 1320. The van der Waals surface area contributed by atoms with Crippen LogP contribution in [0.4, 0.5) is 14.5 Å². The molecule has 1 N–H and O–H groups in total. The van der Waals surface area contributed by atoms with Crippen molar-refractivity contribution in [3.63, 3.8) is 0 Å². The van der Waals surface area contributed by atoms with Crippen molar-refractivity contribution in [1.82, 2.24) is 0 Å². The monoisotopic (exact) mass is 475 g/mol. The molecule has 0 radical (unpaired) electrons. The Hall–Kier alpha value is -3.79. The molecule has 1 amide bonds. The zero-order valence-electron chi connectivity index (χ0n) is 17.6. The first-order valence-corrected chi connectivity index (χ1v) is 11.0. The van der Waals surface area contributed by atoms with E-state index in [0.29, 0.717) is 11.1 Å². The number of carbonyl (C=O) groups is 2. The molecule has 0 aromatic heterocycles.